The summed E-state index contributed by atoms with van der Waals surface area (Å²) in [5.41, 5.74) is 1.19. The van der Waals surface area contributed by atoms with Crippen LogP contribution in [0.15, 0.2) is 48.5 Å². The van der Waals surface area contributed by atoms with Crippen molar-refractivity contribution >= 4 is 17.6 Å². The van der Waals surface area contributed by atoms with E-state index in [2.05, 4.69) is 4.74 Å². The number of ether oxygens (including phenoxy) is 1. The van der Waals surface area contributed by atoms with E-state index in [-0.39, 0.29) is 5.56 Å². The zero-order valence-electron chi connectivity index (χ0n) is 12.1. The quantitative estimate of drug-likeness (QED) is 0.863. The van der Waals surface area contributed by atoms with E-state index < -0.39 is 24.5 Å². The van der Waals surface area contributed by atoms with Gasteiger partial charge in [-0.3, -0.25) is 4.79 Å². The van der Waals surface area contributed by atoms with Crippen molar-refractivity contribution in [2.45, 2.75) is 19.7 Å². The number of para-hydroxylation sites is 1. The predicted octanol–water partition coefficient (Wildman–Crippen LogP) is 4.86. The fourth-order valence-electron chi connectivity index (χ4n) is 1.64. The molecule has 0 amide bonds. The van der Waals surface area contributed by atoms with Gasteiger partial charge in [0.2, 0.25) is 0 Å². The number of rotatable bonds is 3. The van der Waals surface area contributed by atoms with Gasteiger partial charge in [-0.2, -0.15) is 0 Å². The first-order valence-corrected chi connectivity index (χ1v) is 6.83. The Balaban J connectivity index is 0.000000277. The molecule has 2 aromatic carbocycles. The van der Waals surface area contributed by atoms with Gasteiger partial charge in [-0.25, -0.2) is 0 Å². The van der Waals surface area contributed by atoms with Gasteiger partial charge in [0.15, 0.2) is 0 Å². The van der Waals surface area contributed by atoms with Crippen molar-refractivity contribution in [3.63, 3.8) is 0 Å². The van der Waals surface area contributed by atoms with Gasteiger partial charge in [-0.05, 0) is 30.7 Å². The van der Waals surface area contributed by atoms with Gasteiger partial charge in [0, 0.05) is 10.6 Å². The molecular weight excluding hydrogens is 333 g/mol. The highest BCUT2D eigenvalue weighted by Gasteiger charge is 2.32. The molecule has 0 aliphatic heterocycles. The Bertz CT molecular complexity index is 640. The molecule has 0 aromatic heterocycles. The molecule has 0 heterocycles. The lowest BCUT2D eigenvalue weighted by molar-refractivity contribution is -0.274. The van der Waals surface area contributed by atoms with Crippen LogP contribution in [0.4, 0.5) is 13.2 Å². The summed E-state index contributed by atoms with van der Waals surface area (Å²) in [5, 5.41) is 9.26. The van der Waals surface area contributed by atoms with Crippen LogP contribution >= 0.6 is 11.6 Å². The maximum absolute atomic E-state index is 11.9. The lowest BCUT2D eigenvalue weighted by atomic mass is 10.1. The second-order valence-electron chi connectivity index (χ2n) is 4.53. The lowest BCUT2D eigenvalue weighted by Crippen LogP contribution is -2.18. The molecule has 1 N–H and O–H groups in total. The van der Waals surface area contributed by atoms with Crippen LogP contribution in [-0.4, -0.2) is 17.4 Å². The molecule has 0 saturated heterocycles. The van der Waals surface area contributed by atoms with Crippen molar-refractivity contribution in [1.82, 2.24) is 0 Å². The van der Waals surface area contributed by atoms with Gasteiger partial charge in [0.1, 0.15) is 5.75 Å². The summed E-state index contributed by atoms with van der Waals surface area (Å²) < 4.78 is 39.3. The minimum atomic E-state index is -4.81. The van der Waals surface area contributed by atoms with Crippen LogP contribution in [0.3, 0.4) is 0 Å². The third-order valence-corrected chi connectivity index (χ3v) is 2.76. The molecule has 7 heteroatoms. The number of alkyl halides is 3. The van der Waals surface area contributed by atoms with E-state index in [1.54, 1.807) is 0 Å². The molecule has 0 unspecified atom stereocenters. The zero-order valence-corrected chi connectivity index (χ0v) is 12.9. The van der Waals surface area contributed by atoms with Gasteiger partial charge in [-0.15, -0.1) is 13.2 Å². The Kier molecular flexibility index (Phi) is 6.90. The Morgan fingerprint density at radius 2 is 1.83 bits per heavy atom. The molecule has 0 spiro atoms. The van der Waals surface area contributed by atoms with Crippen molar-refractivity contribution in [3.05, 3.63) is 64.7 Å². The van der Waals surface area contributed by atoms with Gasteiger partial charge >= 0.3 is 12.3 Å². The number of carbonyl (C=O) groups is 1. The minimum Gasteiger partial charge on any atom is -0.481 e. The van der Waals surface area contributed by atoms with E-state index in [1.807, 2.05) is 31.2 Å². The van der Waals surface area contributed by atoms with Crippen molar-refractivity contribution in [2.24, 2.45) is 0 Å². The van der Waals surface area contributed by atoms with E-state index in [0.717, 1.165) is 11.1 Å². The highest BCUT2D eigenvalue weighted by molar-refractivity contribution is 6.30. The first-order valence-electron chi connectivity index (χ1n) is 6.45. The topological polar surface area (TPSA) is 46.5 Å². The highest BCUT2D eigenvalue weighted by atomic mass is 35.5. The maximum atomic E-state index is 11.9. The summed E-state index contributed by atoms with van der Waals surface area (Å²) in [7, 11) is 0. The van der Waals surface area contributed by atoms with Crippen LogP contribution in [0.1, 0.15) is 11.1 Å². The number of benzene rings is 2. The van der Waals surface area contributed by atoms with Gasteiger partial charge in [0.05, 0.1) is 6.42 Å². The summed E-state index contributed by atoms with van der Waals surface area (Å²) in [6, 6.07) is 12.9. The first-order chi connectivity index (χ1) is 10.7. The monoisotopic (exact) mass is 346 g/mol. The standard InChI is InChI=1S/C9H7F3O3.C7H7Cl/c10-9(11,12)15-7-4-2-1-3-6(7)5-8(13)14;1-6-3-2-4-7(8)5-6/h1-4H,5H2,(H,13,14);2-5H,1H3. The number of carboxylic acids is 1. The van der Waals surface area contributed by atoms with Crippen molar-refractivity contribution in [2.75, 3.05) is 0 Å². The minimum absolute atomic E-state index is 0.0117. The van der Waals surface area contributed by atoms with Crippen LogP contribution in [0.25, 0.3) is 0 Å². The van der Waals surface area contributed by atoms with Crippen LogP contribution in [0.5, 0.6) is 5.75 Å². The summed E-state index contributed by atoms with van der Waals surface area (Å²) >= 11 is 5.64. The van der Waals surface area contributed by atoms with E-state index in [4.69, 9.17) is 16.7 Å². The fraction of sp³-hybridized carbons (Fsp3) is 0.188. The SMILES string of the molecule is Cc1cccc(Cl)c1.O=C(O)Cc1ccccc1OC(F)(F)F. The Labute approximate surface area is 136 Å². The molecule has 0 atom stereocenters. The molecule has 0 radical (unpaired) electrons. The molecule has 124 valence electrons. The summed E-state index contributed by atoms with van der Waals surface area (Å²) in [6.07, 6.45) is -5.32. The number of halogens is 4. The smallest absolute Gasteiger partial charge is 0.481 e. The number of hydrogen-bond donors (Lipinski definition) is 1. The zero-order chi connectivity index (χ0) is 17.5. The summed E-state index contributed by atoms with van der Waals surface area (Å²) in [6.45, 7) is 2.02. The number of aryl methyl sites for hydroxylation is 1. The molecule has 2 rings (SSSR count). The molecule has 0 aliphatic carbocycles. The molecule has 0 aliphatic rings. The van der Waals surface area contributed by atoms with Crippen molar-refractivity contribution in [3.8, 4) is 5.75 Å². The Hall–Kier alpha value is -2.21. The van der Waals surface area contributed by atoms with E-state index >= 15 is 0 Å². The maximum Gasteiger partial charge on any atom is 0.573 e. The number of carboxylic acid groups (broad SMARTS) is 1. The van der Waals surface area contributed by atoms with Gasteiger partial charge in [-0.1, -0.05) is 41.9 Å². The summed E-state index contributed by atoms with van der Waals surface area (Å²) in [4.78, 5) is 10.3. The Morgan fingerprint density at radius 1 is 1.17 bits per heavy atom. The lowest BCUT2D eigenvalue weighted by Gasteiger charge is -2.11. The summed E-state index contributed by atoms with van der Waals surface area (Å²) in [5.74, 6) is -1.69. The van der Waals surface area contributed by atoms with Crippen LogP contribution in [-0.2, 0) is 11.2 Å². The average molecular weight is 347 g/mol. The fourth-order valence-corrected chi connectivity index (χ4v) is 1.89. The van der Waals surface area contributed by atoms with Crippen LogP contribution in [0.2, 0.25) is 5.02 Å². The van der Waals surface area contributed by atoms with Gasteiger partial charge in [0.25, 0.3) is 0 Å². The highest BCUT2D eigenvalue weighted by Crippen LogP contribution is 2.26. The van der Waals surface area contributed by atoms with E-state index in [1.165, 1.54) is 23.8 Å². The van der Waals surface area contributed by atoms with Crippen LogP contribution in [0, 0.1) is 6.92 Å². The third-order valence-electron chi connectivity index (χ3n) is 2.52. The molecule has 2 aromatic rings. The molecule has 0 fully saturated rings. The molecule has 0 saturated carbocycles. The average Bonchev–Trinajstić information content (AvgIpc) is 2.39. The largest absolute Gasteiger partial charge is 0.573 e. The molecular formula is C16H14ClF3O3. The number of hydrogen-bond acceptors (Lipinski definition) is 2. The Morgan fingerprint density at radius 3 is 2.30 bits per heavy atom. The predicted molar refractivity (Wildman–Crippen MR) is 80.7 cm³/mol. The molecule has 3 nitrogen and oxygen atoms in total. The first kappa shape index (κ1) is 18.8. The van der Waals surface area contributed by atoms with Crippen molar-refractivity contribution < 1.29 is 27.8 Å². The number of aliphatic carboxylic acids is 1. The van der Waals surface area contributed by atoms with Crippen molar-refractivity contribution in [1.29, 1.82) is 0 Å². The van der Waals surface area contributed by atoms with Crippen LogP contribution < -0.4 is 4.74 Å². The molecule has 23 heavy (non-hydrogen) atoms. The third kappa shape index (κ3) is 8.11. The second-order valence-corrected chi connectivity index (χ2v) is 4.96. The second kappa shape index (κ2) is 8.43. The van der Waals surface area contributed by atoms with E-state index in [9.17, 15) is 18.0 Å². The molecule has 0 bridgehead atoms. The normalized spacial score (nSPS) is 10.5. The van der Waals surface area contributed by atoms with E-state index in [0.29, 0.717) is 0 Å². The van der Waals surface area contributed by atoms with Gasteiger partial charge < -0.3 is 9.84 Å².